The van der Waals surface area contributed by atoms with Gasteiger partial charge in [-0.05, 0) is 49.9 Å². The highest BCUT2D eigenvalue weighted by Crippen LogP contribution is 2.29. The number of amides is 10. The summed E-state index contributed by atoms with van der Waals surface area (Å²) in [5.74, 6) is -12.6. The lowest BCUT2D eigenvalue weighted by Gasteiger charge is -2.37. The second-order valence-electron chi connectivity index (χ2n) is 20.6. The minimum Gasteiger partial charge on any atom is -0.461 e. The predicted molar refractivity (Wildman–Crippen MR) is 306 cm³/mol. The molecule has 6 rings (SSSR count). The Morgan fingerprint density at radius 3 is 1.24 bits per heavy atom. The molecule has 0 radical (unpaired) electrons. The first kappa shape index (κ1) is 64.6. The molecule has 2 aliphatic rings. The molecule has 0 aliphatic carbocycles. The summed E-state index contributed by atoms with van der Waals surface area (Å²) in [7, 11) is 7.25. The van der Waals surface area contributed by atoms with E-state index in [2.05, 4.69) is 51.8 Å². The van der Waals surface area contributed by atoms with Gasteiger partial charge >= 0.3 is 11.9 Å². The van der Waals surface area contributed by atoms with E-state index in [-0.39, 0.29) is 22.9 Å². The van der Waals surface area contributed by atoms with Crippen molar-refractivity contribution in [2.75, 3.05) is 66.0 Å². The highest BCUT2D eigenvalue weighted by Gasteiger charge is 2.42. The largest absolute Gasteiger partial charge is 0.461 e. The summed E-state index contributed by atoms with van der Waals surface area (Å²) in [6, 6.07) is 1.67. The number of esters is 2. The van der Waals surface area contributed by atoms with E-state index in [1.165, 1.54) is 54.4 Å². The van der Waals surface area contributed by atoms with E-state index in [4.69, 9.17) is 9.47 Å². The number of hydrogen-bond acceptors (Lipinski definition) is 20. The number of fused-ring (bicyclic) bond motifs is 7. The van der Waals surface area contributed by atoms with Gasteiger partial charge in [-0.3, -0.25) is 57.9 Å². The molecule has 2 saturated heterocycles. The molecule has 30 heteroatoms. The molecule has 8 atom stereocenters. The van der Waals surface area contributed by atoms with Crippen molar-refractivity contribution in [3.63, 3.8) is 0 Å². The molecule has 28 nitrogen and oxygen atoms in total. The zero-order valence-corrected chi connectivity index (χ0v) is 49.5. The number of carbonyl (C=O) groups excluding carboxylic acids is 12. The molecule has 6 N–H and O–H groups in total. The highest BCUT2D eigenvalue weighted by atomic mass is 33.1. The Labute approximate surface area is 491 Å². The molecule has 0 saturated carbocycles. The van der Waals surface area contributed by atoms with Crippen molar-refractivity contribution in [1.29, 1.82) is 0 Å². The molecule has 4 heterocycles. The minimum absolute atomic E-state index is 0.112. The molecule has 2 fully saturated rings. The zero-order valence-electron chi connectivity index (χ0n) is 47.9. The number of aromatic nitrogens is 4. The Bertz CT molecular complexity index is 2980. The Hall–Kier alpha value is -8.54. The van der Waals surface area contributed by atoms with E-state index in [0.29, 0.717) is 22.1 Å². The fourth-order valence-electron chi connectivity index (χ4n) is 9.09. The Kier molecular flexibility index (Phi) is 22.4. The average Bonchev–Trinajstić information content (AvgIpc) is 3.54. The third-order valence-electron chi connectivity index (χ3n) is 13.7. The van der Waals surface area contributed by atoms with Crippen LogP contribution in [0.25, 0.3) is 22.1 Å². The van der Waals surface area contributed by atoms with Gasteiger partial charge in [0.15, 0.2) is 0 Å². The fraction of sp³-hybridized carbons (Fsp3) is 0.481. The summed E-state index contributed by atoms with van der Waals surface area (Å²) in [4.78, 5) is 190. The van der Waals surface area contributed by atoms with Crippen LogP contribution >= 0.6 is 21.6 Å². The lowest BCUT2D eigenvalue weighted by Crippen LogP contribution is -2.61. The van der Waals surface area contributed by atoms with Crippen molar-refractivity contribution in [2.24, 2.45) is 11.8 Å². The van der Waals surface area contributed by atoms with Crippen molar-refractivity contribution in [1.82, 2.24) is 71.4 Å². The predicted octanol–water partition coefficient (Wildman–Crippen LogP) is -1.17. The second kappa shape index (κ2) is 29.1. The lowest BCUT2D eigenvalue weighted by atomic mass is 10.0. The number of nitrogens with zero attached hydrogens (tertiary/aromatic N) is 8. The van der Waals surface area contributed by atoms with Gasteiger partial charge in [0, 0.05) is 39.7 Å². The first-order valence-electron chi connectivity index (χ1n) is 26.6. The number of para-hydroxylation sites is 4. The third-order valence-corrected chi connectivity index (χ3v) is 16.1. The highest BCUT2D eigenvalue weighted by molar-refractivity contribution is 8.76. The van der Waals surface area contributed by atoms with Crippen LogP contribution in [0.4, 0.5) is 0 Å². The van der Waals surface area contributed by atoms with Crippen LogP contribution in [0.2, 0.25) is 0 Å². The van der Waals surface area contributed by atoms with Crippen LogP contribution in [0.5, 0.6) is 0 Å². The molecule has 2 aromatic heterocycles. The van der Waals surface area contributed by atoms with Crippen LogP contribution in [-0.4, -0.2) is 225 Å². The van der Waals surface area contributed by atoms with E-state index >= 15 is 0 Å². The summed E-state index contributed by atoms with van der Waals surface area (Å²) in [5.41, 5.74) is 1.65. The Balaban J connectivity index is 1.30. The molecule has 4 aromatic rings. The summed E-state index contributed by atoms with van der Waals surface area (Å²) in [5, 5.41) is 14.7. The van der Waals surface area contributed by atoms with Gasteiger partial charge < -0.3 is 61.0 Å². The van der Waals surface area contributed by atoms with E-state index in [0.717, 1.165) is 41.2 Å². The van der Waals surface area contributed by atoms with E-state index in [1.807, 2.05) is 0 Å². The molecule has 450 valence electrons. The first-order valence-corrected chi connectivity index (χ1v) is 29.1. The van der Waals surface area contributed by atoms with Gasteiger partial charge in [-0.15, -0.1) is 0 Å². The molecule has 2 bridgehead atoms. The molecular formula is C54H68N14O14S2. The number of likely N-dealkylation sites (N-methyl/N-ethyl adjacent to an activating group) is 4. The van der Waals surface area contributed by atoms with Gasteiger partial charge in [-0.1, -0.05) is 73.5 Å². The van der Waals surface area contributed by atoms with Gasteiger partial charge in [0.2, 0.25) is 47.3 Å². The third kappa shape index (κ3) is 16.2. The quantitative estimate of drug-likeness (QED) is 0.0804. The molecule has 2 aromatic carbocycles. The number of carbonyl (C=O) groups is 12. The lowest BCUT2D eigenvalue weighted by molar-refractivity contribution is -0.160. The molecule has 2 aliphatic heterocycles. The number of rotatable bonds is 10. The van der Waals surface area contributed by atoms with Crippen LogP contribution in [0, 0.1) is 11.8 Å². The summed E-state index contributed by atoms with van der Waals surface area (Å²) < 4.78 is 11.3. The van der Waals surface area contributed by atoms with Crippen LogP contribution in [0.15, 0.2) is 60.9 Å². The number of hydrogen-bond donors (Lipinski definition) is 6. The van der Waals surface area contributed by atoms with Crippen molar-refractivity contribution in [3.05, 3.63) is 72.3 Å². The topological polar surface area (TPSA) is 360 Å². The standard InChI is InChI=1S/C54H68N14O14S2/c1-27(2)43-53(79)81-23-37(63-41(69)21-57-45(71)35-19-55-31-15-11-13-17-33(31)61-35)47(73)59-30(6)50(76)66(8)40-26-84-83-25-39(51(77)67(43)9)65(7)49(75)29(5)60-48(74)38(24-82-54(80)44(28(3)4)68(10)52(40)78)64-42(70)22-58-46(72)36-20-56-32-16-12-14-18-34(32)62-36/h11-20,27-30,37-40,43-44H,21-26H2,1-10H3,(H,57,71)(H,58,72)(H,59,73)(H,60,74)(H,63,69)(H,64,70)/t29-,30-,37+,38+,39-,40-,43-,44-/m0/s1. The van der Waals surface area contributed by atoms with Crippen molar-refractivity contribution in [2.45, 2.75) is 89.9 Å². The zero-order chi connectivity index (χ0) is 61.7. The molecule has 0 unspecified atom stereocenters. The van der Waals surface area contributed by atoms with Crippen LogP contribution in [0.3, 0.4) is 0 Å². The first-order chi connectivity index (χ1) is 39.8. The number of cyclic esters (lactones) is 2. The monoisotopic (exact) mass is 1200 g/mol. The number of nitrogens with one attached hydrogen (secondary N) is 6. The minimum atomic E-state index is -1.72. The van der Waals surface area contributed by atoms with Gasteiger partial charge in [0.05, 0.1) is 47.6 Å². The van der Waals surface area contributed by atoms with Gasteiger partial charge in [0.1, 0.15) is 72.9 Å². The van der Waals surface area contributed by atoms with Crippen LogP contribution in [-0.2, 0) is 57.4 Å². The van der Waals surface area contributed by atoms with Crippen LogP contribution < -0.4 is 31.9 Å². The van der Waals surface area contributed by atoms with E-state index in [9.17, 15) is 57.5 Å². The van der Waals surface area contributed by atoms with E-state index in [1.54, 1.807) is 76.2 Å². The van der Waals surface area contributed by atoms with E-state index < -0.39 is 157 Å². The number of ether oxygens (including phenoxy) is 2. The smallest absolute Gasteiger partial charge is 0.329 e. The van der Waals surface area contributed by atoms with Gasteiger partial charge in [-0.2, -0.15) is 0 Å². The maximum atomic E-state index is 14.9. The fourth-order valence-corrected chi connectivity index (χ4v) is 11.6. The Morgan fingerprint density at radius 1 is 0.548 bits per heavy atom. The van der Waals surface area contributed by atoms with Crippen molar-refractivity contribution in [3.8, 4) is 0 Å². The SMILES string of the molecule is CC(C)[C@H]1C(=O)OC[C@@H](NC(=O)CNC(=O)c2cnc3ccccc3n2)C(=O)N[C@@H](C)C(=O)N(C)[C@H]2CSSC[C@@H](C(=O)N1C)N(C)C(=O)[C@H](C)NC(=O)[C@H](NC(=O)CNC(=O)c1cnc3ccccc3n1)COC(=O)[C@H](C(C)C)N(C)C2=O. The maximum absolute atomic E-state index is 14.9. The molecule has 0 spiro atoms. The summed E-state index contributed by atoms with van der Waals surface area (Å²) in [6.07, 6.45) is 2.44. The van der Waals surface area contributed by atoms with Crippen molar-refractivity contribution < 1.29 is 67.0 Å². The number of benzene rings is 2. The summed E-state index contributed by atoms with van der Waals surface area (Å²) in [6.45, 7) is 5.93. The normalized spacial score (nSPS) is 23.3. The molecular weight excluding hydrogens is 1130 g/mol. The molecule has 10 amide bonds. The molecule has 84 heavy (non-hydrogen) atoms. The van der Waals surface area contributed by atoms with Gasteiger partial charge in [-0.25, -0.2) is 19.6 Å². The Morgan fingerprint density at radius 2 is 0.893 bits per heavy atom. The maximum Gasteiger partial charge on any atom is 0.329 e. The van der Waals surface area contributed by atoms with Gasteiger partial charge in [0.25, 0.3) is 11.8 Å². The second-order valence-corrected chi connectivity index (χ2v) is 23.1. The van der Waals surface area contributed by atoms with Crippen LogP contribution in [0.1, 0.15) is 62.5 Å². The average molecular weight is 1200 g/mol. The van der Waals surface area contributed by atoms with Crippen molar-refractivity contribution >= 4 is 115 Å². The summed E-state index contributed by atoms with van der Waals surface area (Å²) >= 11 is 0.